The van der Waals surface area contributed by atoms with Crippen molar-refractivity contribution < 1.29 is 22.3 Å². The molecule has 9 nitrogen and oxygen atoms in total. The zero-order valence-electron chi connectivity index (χ0n) is 20.7. The van der Waals surface area contributed by atoms with Gasteiger partial charge in [-0.2, -0.15) is 18.2 Å². The summed E-state index contributed by atoms with van der Waals surface area (Å²) in [6, 6.07) is 5.62. The molecule has 0 radical (unpaired) electrons. The van der Waals surface area contributed by atoms with Crippen LogP contribution in [0.15, 0.2) is 36.7 Å². The molecule has 3 N–H and O–H groups in total. The first-order valence-electron chi connectivity index (χ1n) is 11.6. The fourth-order valence-corrected chi connectivity index (χ4v) is 3.73. The number of hydrogen-bond acceptors (Lipinski definition) is 9. The molecule has 0 saturated carbocycles. The summed E-state index contributed by atoms with van der Waals surface area (Å²) in [6.07, 6.45) is -1.79. The minimum absolute atomic E-state index is 0.207. The Morgan fingerprint density at radius 3 is 2.49 bits per heavy atom. The Labute approximate surface area is 211 Å². The molecule has 13 heteroatoms. The highest BCUT2D eigenvalue weighted by Crippen LogP contribution is 2.35. The summed E-state index contributed by atoms with van der Waals surface area (Å²) in [5, 5.41) is 3.04. The number of rotatable bonds is 8. The van der Waals surface area contributed by atoms with Crippen molar-refractivity contribution in [3.05, 3.63) is 59.3 Å². The lowest BCUT2D eigenvalue weighted by molar-refractivity contribution is -0.137. The van der Waals surface area contributed by atoms with Crippen LogP contribution in [0, 0.1) is 12.7 Å². The highest BCUT2D eigenvalue weighted by molar-refractivity contribution is 5.68. The van der Waals surface area contributed by atoms with Gasteiger partial charge in [0.1, 0.15) is 0 Å². The molecule has 0 bridgehead atoms. The zero-order chi connectivity index (χ0) is 26.6. The van der Waals surface area contributed by atoms with Crippen molar-refractivity contribution in [1.29, 1.82) is 0 Å². The van der Waals surface area contributed by atoms with Crippen LogP contribution in [-0.2, 0) is 17.5 Å². The van der Waals surface area contributed by atoms with E-state index in [1.807, 2.05) is 13.0 Å². The van der Waals surface area contributed by atoms with Crippen LogP contribution in [0.2, 0.25) is 0 Å². The van der Waals surface area contributed by atoms with E-state index in [-0.39, 0.29) is 11.8 Å². The summed E-state index contributed by atoms with van der Waals surface area (Å²) in [5.41, 5.74) is 7.84. The number of anilines is 5. The lowest BCUT2D eigenvalue weighted by atomic mass is 10.1. The fraction of sp³-hybridized carbons (Fsp3) is 0.375. The number of nitrogens with zero attached hydrogens (tertiary/aromatic N) is 5. The van der Waals surface area contributed by atoms with Gasteiger partial charge in [0.2, 0.25) is 5.95 Å². The van der Waals surface area contributed by atoms with E-state index in [9.17, 15) is 17.6 Å². The minimum Gasteiger partial charge on any atom is -0.378 e. The molecular weight excluding hydrogens is 492 g/mol. The van der Waals surface area contributed by atoms with Crippen LogP contribution in [-0.4, -0.2) is 55.4 Å². The van der Waals surface area contributed by atoms with Crippen molar-refractivity contribution in [2.75, 3.05) is 60.9 Å². The van der Waals surface area contributed by atoms with Crippen LogP contribution in [0.1, 0.15) is 16.8 Å². The number of morpholine rings is 1. The first kappa shape index (κ1) is 26.4. The highest BCUT2D eigenvalue weighted by atomic mass is 19.4. The van der Waals surface area contributed by atoms with Crippen LogP contribution in [0.5, 0.6) is 0 Å². The molecule has 1 aliphatic rings. The number of aromatic nitrogens is 3. The number of alkyl halides is 3. The molecule has 198 valence electrons. The second-order valence-corrected chi connectivity index (χ2v) is 8.72. The van der Waals surface area contributed by atoms with E-state index < -0.39 is 17.6 Å². The van der Waals surface area contributed by atoms with Crippen LogP contribution in [0.25, 0.3) is 0 Å². The molecule has 1 saturated heterocycles. The third-order valence-corrected chi connectivity index (χ3v) is 5.71. The molecule has 3 heterocycles. The number of hydrogen-bond donors (Lipinski definition) is 3. The Morgan fingerprint density at radius 2 is 1.81 bits per heavy atom. The maximum atomic E-state index is 14.2. The number of hydrazine groups is 1. The molecule has 3 aromatic rings. The number of aryl methyl sites for hydroxylation is 1. The normalized spacial score (nSPS) is 14.0. The lowest BCUT2D eigenvalue weighted by Crippen LogP contribution is -2.37. The number of nitrogens with one attached hydrogen (secondary N) is 3. The summed E-state index contributed by atoms with van der Waals surface area (Å²) < 4.78 is 59.5. The number of pyridine rings is 1. The zero-order valence-corrected chi connectivity index (χ0v) is 20.7. The van der Waals surface area contributed by atoms with Crippen molar-refractivity contribution in [3.63, 3.8) is 0 Å². The molecule has 1 aromatic carbocycles. The Hall–Kier alpha value is -3.71. The predicted octanol–water partition coefficient (Wildman–Crippen LogP) is 4.10. The Kier molecular flexibility index (Phi) is 7.93. The second kappa shape index (κ2) is 11.1. The Balaban J connectivity index is 1.40. The molecule has 0 unspecified atom stereocenters. The fourth-order valence-electron chi connectivity index (χ4n) is 3.73. The minimum atomic E-state index is -4.46. The van der Waals surface area contributed by atoms with E-state index in [0.29, 0.717) is 55.6 Å². The first-order valence-corrected chi connectivity index (χ1v) is 11.6. The third-order valence-electron chi connectivity index (χ3n) is 5.71. The summed E-state index contributed by atoms with van der Waals surface area (Å²) in [6.45, 7) is 4.22. The maximum Gasteiger partial charge on any atom is 0.416 e. The van der Waals surface area contributed by atoms with Gasteiger partial charge in [0.05, 0.1) is 49.1 Å². The van der Waals surface area contributed by atoms with Gasteiger partial charge in [-0.25, -0.2) is 14.8 Å². The van der Waals surface area contributed by atoms with Crippen molar-refractivity contribution in [1.82, 2.24) is 20.4 Å². The Bertz CT molecular complexity index is 1230. The summed E-state index contributed by atoms with van der Waals surface area (Å²) in [5.74, 6) is -0.0931. The molecule has 37 heavy (non-hydrogen) atoms. The molecule has 0 spiro atoms. The van der Waals surface area contributed by atoms with Crippen molar-refractivity contribution in [2.24, 2.45) is 0 Å². The van der Waals surface area contributed by atoms with E-state index in [1.165, 1.54) is 0 Å². The van der Waals surface area contributed by atoms with Gasteiger partial charge in [-0.05, 0) is 36.8 Å². The summed E-state index contributed by atoms with van der Waals surface area (Å²) in [4.78, 5) is 16.0. The monoisotopic (exact) mass is 520 g/mol. The van der Waals surface area contributed by atoms with Gasteiger partial charge in [0.15, 0.2) is 11.6 Å². The van der Waals surface area contributed by atoms with Gasteiger partial charge in [0.25, 0.3) is 0 Å². The molecule has 0 aliphatic carbocycles. The summed E-state index contributed by atoms with van der Waals surface area (Å²) >= 11 is 0. The van der Waals surface area contributed by atoms with Crippen LogP contribution in [0.3, 0.4) is 0 Å². The van der Waals surface area contributed by atoms with E-state index in [1.54, 1.807) is 36.2 Å². The van der Waals surface area contributed by atoms with Gasteiger partial charge in [-0.3, -0.25) is 10.4 Å². The molecule has 1 fully saturated rings. The molecule has 2 aromatic heterocycles. The Morgan fingerprint density at radius 1 is 1.05 bits per heavy atom. The van der Waals surface area contributed by atoms with Crippen LogP contribution in [0.4, 0.5) is 46.4 Å². The standard InChI is InChI=1S/C24H28F4N8O/c1-15-8-18(12-31-34-23-30-13-20(25)22(33-23)36-4-6-37-7-5-36)29-14-21(15)32-17-9-16(24(26,27)28)10-19(11-17)35(2)3/h8-11,13-14,31-32H,4-7,12H2,1-3H3,(H,30,33,34). The predicted molar refractivity (Wildman–Crippen MR) is 134 cm³/mol. The number of halogens is 4. The molecule has 0 amide bonds. The van der Waals surface area contributed by atoms with Gasteiger partial charge in [-0.1, -0.05) is 0 Å². The second-order valence-electron chi connectivity index (χ2n) is 8.72. The SMILES string of the molecule is Cc1cc(CNNc2ncc(F)c(N3CCOCC3)n2)ncc1Nc1cc(N(C)C)cc(C(F)(F)F)c1. The van der Waals surface area contributed by atoms with Gasteiger partial charge < -0.3 is 19.9 Å². The topological polar surface area (TPSA) is 90.5 Å². The van der Waals surface area contributed by atoms with E-state index in [4.69, 9.17) is 4.74 Å². The summed E-state index contributed by atoms with van der Waals surface area (Å²) in [7, 11) is 3.37. The molecule has 1 aliphatic heterocycles. The van der Waals surface area contributed by atoms with Crippen LogP contribution < -0.4 is 26.0 Å². The molecule has 4 rings (SSSR count). The molecular formula is C24H28F4N8O. The first-order chi connectivity index (χ1) is 17.6. The van der Waals surface area contributed by atoms with Gasteiger partial charge in [0, 0.05) is 38.6 Å². The number of benzene rings is 1. The largest absolute Gasteiger partial charge is 0.416 e. The van der Waals surface area contributed by atoms with E-state index >= 15 is 0 Å². The highest BCUT2D eigenvalue weighted by Gasteiger charge is 2.31. The average Bonchev–Trinajstić information content (AvgIpc) is 2.86. The van der Waals surface area contributed by atoms with Gasteiger partial charge >= 0.3 is 6.18 Å². The lowest BCUT2D eigenvalue weighted by Gasteiger charge is -2.28. The third kappa shape index (κ3) is 6.74. The van der Waals surface area contributed by atoms with Crippen molar-refractivity contribution in [2.45, 2.75) is 19.6 Å². The van der Waals surface area contributed by atoms with Crippen molar-refractivity contribution >= 4 is 28.8 Å². The van der Waals surface area contributed by atoms with Crippen molar-refractivity contribution in [3.8, 4) is 0 Å². The average molecular weight is 521 g/mol. The van der Waals surface area contributed by atoms with E-state index in [0.717, 1.165) is 23.9 Å². The molecule has 0 atom stereocenters. The van der Waals surface area contributed by atoms with Crippen LogP contribution >= 0.6 is 0 Å². The smallest absolute Gasteiger partial charge is 0.378 e. The number of ether oxygens (including phenoxy) is 1. The quantitative estimate of drug-likeness (QED) is 0.300. The maximum absolute atomic E-state index is 14.2. The van der Waals surface area contributed by atoms with Gasteiger partial charge in [-0.15, -0.1) is 0 Å². The van der Waals surface area contributed by atoms with E-state index in [2.05, 4.69) is 31.1 Å².